The number of nitrogens with zero attached hydrogens (tertiary/aromatic N) is 1. The maximum Gasteiger partial charge on any atom is 0.407 e. The van der Waals surface area contributed by atoms with Crippen LogP contribution in [0.15, 0.2) is 12.7 Å². The second-order valence-electron chi connectivity index (χ2n) is 8.51. The van der Waals surface area contributed by atoms with Crippen LogP contribution in [0.4, 0.5) is 4.79 Å². The molecule has 1 aliphatic carbocycles. The highest BCUT2D eigenvalue weighted by molar-refractivity contribution is 5.87. The number of rotatable bonds is 4. The maximum absolute atomic E-state index is 12.5. The van der Waals surface area contributed by atoms with Gasteiger partial charge < -0.3 is 20.3 Å². The summed E-state index contributed by atoms with van der Waals surface area (Å²) in [4.78, 5) is 37.7. The van der Waals surface area contributed by atoms with E-state index in [-0.39, 0.29) is 35.9 Å². The number of ether oxygens (including phenoxy) is 1. The molecular formula is C20H33N3O4. The van der Waals surface area contributed by atoms with Crippen molar-refractivity contribution in [2.45, 2.75) is 77.0 Å². The summed E-state index contributed by atoms with van der Waals surface area (Å²) in [5.41, 5.74) is -0.499. The number of piperidine rings is 1. The normalized spacial score (nSPS) is 24.0. The number of hydrogen-bond acceptors (Lipinski definition) is 4. The fourth-order valence-corrected chi connectivity index (χ4v) is 3.67. The van der Waals surface area contributed by atoms with Gasteiger partial charge in [0.1, 0.15) is 5.60 Å². The monoisotopic (exact) mass is 379 g/mol. The molecule has 7 nitrogen and oxygen atoms in total. The molecule has 1 heterocycles. The average Bonchev–Trinajstić information content (AvgIpc) is 2.61. The van der Waals surface area contributed by atoms with Crippen molar-refractivity contribution in [2.75, 3.05) is 13.1 Å². The summed E-state index contributed by atoms with van der Waals surface area (Å²) in [6.45, 7) is 10.2. The molecule has 27 heavy (non-hydrogen) atoms. The summed E-state index contributed by atoms with van der Waals surface area (Å²) in [6, 6.07) is 0.253. The molecule has 2 aliphatic rings. The molecule has 0 spiro atoms. The number of alkyl carbamates (subject to hydrolysis) is 1. The van der Waals surface area contributed by atoms with Crippen LogP contribution >= 0.6 is 0 Å². The Kier molecular flexibility index (Phi) is 7.27. The van der Waals surface area contributed by atoms with E-state index >= 15 is 0 Å². The van der Waals surface area contributed by atoms with Gasteiger partial charge in [0.05, 0.1) is 0 Å². The topological polar surface area (TPSA) is 87.7 Å². The first-order valence-electron chi connectivity index (χ1n) is 9.89. The predicted molar refractivity (Wildman–Crippen MR) is 103 cm³/mol. The van der Waals surface area contributed by atoms with Crippen LogP contribution < -0.4 is 10.6 Å². The van der Waals surface area contributed by atoms with E-state index in [2.05, 4.69) is 17.2 Å². The predicted octanol–water partition coefficient (Wildman–Crippen LogP) is 2.36. The van der Waals surface area contributed by atoms with Crippen LogP contribution in [0.25, 0.3) is 0 Å². The van der Waals surface area contributed by atoms with Crippen molar-refractivity contribution in [3.63, 3.8) is 0 Å². The highest BCUT2D eigenvalue weighted by atomic mass is 16.6. The van der Waals surface area contributed by atoms with Crippen LogP contribution in [0.2, 0.25) is 0 Å². The van der Waals surface area contributed by atoms with Crippen LogP contribution in [-0.2, 0) is 14.3 Å². The minimum absolute atomic E-state index is 0.0310. The zero-order valence-corrected chi connectivity index (χ0v) is 16.8. The molecule has 2 fully saturated rings. The third-order valence-electron chi connectivity index (χ3n) is 5.15. The first kappa shape index (κ1) is 21.3. The Morgan fingerprint density at radius 1 is 0.963 bits per heavy atom. The van der Waals surface area contributed by atoms with Crippen LogP contribution in [0, 0.1) is 5.92 Å². The number of carbonyl (C=O) groups is 3. The molecule has 7 heteroatoms. The first-order chi connectivity index (χ1) is 12.7. The lowest BCUT2D eigenvalue weighted by atomic mass is 9.89. The zero-order chi connectivity index (χ0) is 20.0. The van der Waals surface area contributed by atoms with Crippen molar-refractivity contribution >= 4 is 17.9 Å². The molecule has 0 unspecified atom stereocenters. The van der Waals surface area contributed by atoms with E-state index in [1.807, 2.05) is 20.8 Å². The van der Waals surface area contributed by atoms with E-state index in [0.717, 1.165) is 25.7 Å². The Labute approximate surface area is 161 Å². The number of likely N-dealkylation sites (tertiary alicyclic amines) is 1. The Morgan fingerprint density at radius 3 is 1.96 bits per heavy atom. The molecule has 0 aromatic rings. The average molecular weight is 380 g/mol. The standard InChI is InChI=1S/C20H33N3O4/c1-5-17(24)23-12-10-14(11-13-23)18(25)21-15-6-8-16(9-7-15)22-19(26)27-20(2,3)4/h5,14-16H,1,6-13H2,2-4H3,(H,21,25)(H,22,26). The number of nitrogens with one attached hydrogen (secondary N) is 2. The van der Waals surface area contributed by atoms with Crippen molar-refractivity contribution < 1.29 is 19.1 Å². The van der Waals surface area contributed by atoms with Gasteiger partial charge in [-0.3, -0.25) is 9.59 Å². The number of hydrogen-bond donors (Lipinski definition) is 2. The van der Waals surface area contributed by atoms with Crippen LogP contribution in [-0.4, -0.2) is 53.6 Å². The molecule has 1 saturated heterocycles. The summed E-state index contributed by atoms with van der Waals surface area (Å²) in [5.74, 6) is -0.00889. The summed E-state index contributed by atoms with van der Waals surface area (Å²) in [7, 11) is 0. The van der Waals surface area contributed by atoms with E-state index in [9.17, 15) is 14.4 Å². The Bertz CT molecular complexity index is 554. The van der Waals surface area contributed by atoms with E-state index in [0.29, 0.717) is 25.9 Å². The minimum atomic E-state index is -0.499. The molecule has 152 valence electrons. The van der Waals surface area contributed by atoms with Gasteiger partial charge in [-0.2, -0.15) is 0 Å². The van der Waals surface area contributed by atoms with E-state index in [1.165, 1.54) is 6.08 Å². The van der Waals surface area contributed by atoms with Gasteiger partial charge in [-0.15, -0.1) is 0 Å². The van der Waals surface area contributed by atoms with Gasteiger partial charge in [0, 0.05) is 31.1 Å². The van der Waals surface area contributed by atoms with Gasteiger partial charge in [-0.05, 0) is 65.4 Å². The Morgan fingerprint density at radius 2 is 1.48 bits per heavy atom. The lowest BCUT2D eigenvalue weighted by Crippen LogP contribution is -2.48. The van der Waals surface area contributed by atoms with E-state index in [4.69, 9.17) is 4.74 Å². The summed E-state index contributed by atoms with van der Waals surface area (Å²) < 4.78 is 5.29. The van der Waals surface area contributed by atoms with Crippen LogP contribution in [0.5, 0.6) is 0 Å². The maximum atomic E-state index is 12.5. The smallest absolute Gasteiger partial charge is 0.407 e. The molecule has 0 aromatic carbocycles. The minimum Gasteiger partial charge on any atom is -0.444 e. The molecule has 0 radical (unpaired) electrons. The van der Waals surface area contributed by atoms with Crippen molar-refractivity contribution in [3.8, 4) is 0 Å². The molecule has 0 bridgehead atoms. The van der Waals surface area contributed by atoms with Gasteiger partial charge in [0.2, 0.25) is 11.8 Å². The van der Waals surface area contributed by atoms with E-state index < -0.39 is 5.60 Å². The molecule has 1 saturated carbocycles. The number of carbonyl (C=O) groups excluding carboxylic acids is 3. The van der Waals surface area contributed by atoms with Gasteiger partial charge in [-0.1, -0.05) is 6.58 Å². The van der Waals surface area contributed by atoms with Crippen molar-refractivity contribution in [3.05, 3.63) is 12.7 Å². The van der Waals surface area contributed by atoms with Crippen molar-refractivity contribution in [2.24, 2.45) is 5.92 Å². The van der Waals surface area contributed by atoms with Gasteiger partial charge >= 0.3 is 6.09 Å². The molecular weight excluding hydrogens is 346 g/mol. The third-order valence-corrected chi connectivity index (χ3v) is 5.15. The quantitative estimate of drug-likeness (QED) is 0.734. The molecule has 0 atom stereocenters. The summed E-state index contributed by atoms with van der Waals surface area (Å²) in [5, 5.41) is 6.07. The second-order valence-corrected chi connectivity index (χ2v) is 8.51. The zero-order valence-electron chi connectivity index (χ0n) is 16.8. The SMILES string of the molecule is C=CC(=O)N1CCC(C(=O)NC2CCC(NC(=O)OC(C)(C)C)CC2)CC1. The second kappa shape index (κ2) is 9.24. The molecule has 2 rings (SSSR count). The molecule has 1 aliphatic heterocycles. The lowest BCUT2D eigenvalue weighted by molar-refractivity contribution is -0.132. The van der Waals surface area contributed by atoms with Crippen molar-refractivity contribution in [1.82, 2.24) is 15.5 Å². The van der Waals surface area contributed by atoms with Crippen LogP contribution in [0.3, 0.4) is 0 Å². The highest BCUT2D eigenvalue weighted by Gasteiger charge is 2.30. The molecule has 3 amide bonds. The van der Waals surface area contributed by atoms with Crippen molar-refractivity contribution in [1.29, 1.82) is 0 Å². The lowest BCUT2D eigenvalue weighted by Gasteiger charge is -2.33. The van der Waals surface area contributed by atoms with E-state index in [1.54, 1.807) is 4.90 Å². The Hall–Kier alpha value is -2.05. The molecule has 2 N–H and O–H groups in total. The molecule has 0 aromatic heterocycles. The third kappa shape index (κ3) is 6.88. The van der Waals surface area contributed by atoms with Gasteiger partial charge in [0.25, 0.3) is 0 Å². The van der Waals surface area contributed by atoms with Gasteiger partial charge in [-0.25, -0.2) is 4.79 Å². The van der Waals surface area contributed by atoms with Crippen LogP contribution in [0.1, 0.15) is 59.3 Å². The largest absolute Gasteiger partial charge is 0.444 e. The first-order valence-corrected chi connectivity index (χ1v) is 9.89. The summed E-state index contributed by atoms with van der Waals surface area (Å²) >= 11 is 0. The highest BCUT2D eigenvalue weighted by Crippen LogP contribution is 2.22. The summed E-state index contributed by atoms with van der Waals surface area (Å²) in [6.07, 6.45) is 5.69. The Balaban J connectivity index is 1.68. The fraction of sp³-hybridized carbons (Fsp3) is 0.750. The number of amides is 3. The van der Waals surface area contributed by atoms with Gasteiger partial charge in [0.15, 0.2) is 0 Å². The fourth-order valence-electron chi connectivity index (χ4n) is 3.67.